The molecule has 5 heteroatoms. The van der Waals surface area contributed by atoms with Gasteiger partial charge in [-0.2, -0.15) is 0 Å². The average molecular weight is 320 g/mol. The standard InChI is InChI=1S/C19H16N2O3/c20-16-10-4-3-9-15(16)19(23)24-12-18(22)21-17-11-5-7-13-6-1-2-8-14(13)17/h1-11H,12,20H2,(H,21,22). The van der Waals surface area contributed by atoms with Crippen LogP contribution < -0.4 is 11.1 Å². The minimum Gasteiger partial charge on any atom is -0.452 e. The summed E-state index contributed by atoms with van der Waals surface area (Å²) in [6, 6.07) is 19.9. The predicted molar refractivity (Wildman–Crippen MR) is 93.7 cm³/mol. The molecule has 1 amide bonds. The number of nitrogens with one attached hydrogen (secondary N) is 1. The van der Waals surface area contributed by atoms with E-state index in [4.69, 9.17) is 10.5 Å². The Labute approximate surface area is 139 Å². The fourth-order valence-electron chi connectivity index (χ4n) is 2.41. The molecule has 120 valence electrons. The lowest BCUT2D eigenvalue weighted by Crippen LogP contribution is -2.21. The Morgan fingerprint density at radius 3 is 2.46 bits per heavy atom. The number of carbonyl (C=O) groups is 2. The number of fused-ring (bicyclic) bond motifs is 1. The highest BCUT2D eigenvalue weighted by atomic mass is 16.5. The van der Waals surface area contributed by atoms with Crippen molar-refractivity contribution in [1.82, 2.24) is 0 Å². The van der Waals surface area contributed by atoms with Crippen molar-refractivity contribution < 1.29 is 14.3 Å². The predicted octanol–water partition coefficient (Wildman–Crippen LogP) is 3.22. The Bertz CT molecular complexity index is 901. The summed E-state index contributed by atoms with van der Waals surface area (Å²) in [7, 11) is 0. The molecule has 0 saturated heterocycles. The second-order valence-corrected chi connectivity index (χ2v) is 5.24. The highest BCUT2D eigenvalue weighted by molar-refractivity contribution is 6.03. The van der Waals surface area contributed by atoms with Gasteiger partial charge in [0.15, 0.2) is 6.61 Å². The van der Waals surface area contributed by atoms with Gasteiger partial charge in [0.25, 0.3) is 5.91 Å². The molecule has 0 radical (unpaired) electrons. The molecular weight excluding hydrogens is 304 g/mol. The van der Waals surface area contributed by atoms with Gasteiger partial charge in [-0.15, -0.1) is 0 Å². The molecule has 0 aliphatic rings. The number of para-hydroxylation sites is 1. The maximum absolute atomic E-state index is 12.1. The van der Waals surface area contributed by atoms with Crippen molar-refractivity contribution in [2.24, 2.45) is 0 Å². The second kappa shape index (κ2) is 6.83. The first-order valence-corrected chi connectivity index (χ1v) is 7.44. The summed E-state index contributed by atoms with van der Waals surface area (Å²) in [5.41, 5.74) is 6.95. The Balaban J connectivity index is 1.66. The SMILES string of the molecule is Nc1ccccc1C(=O)OCC(=O)Nc1cccc2ccccc12. The number of rotatable bonds is 4. The molecule has 0 aliphatic carbocycles. The summed E-state index contributed by atoms with van der Waals surface area (Å²) >= 11 is 0. The molecule has 3 N–H and O–H groups in total. The lowest BCUT2D eigenvalue weighted by Gasteiger charge is -2.10. The number of amides is 1. The van der Waals surface area contributed by atoms with Crippen LogP contribution in [0, 0.1) is 0 Å². The summed E-state index contributed by atoms with van der Waals surface area (Å²) < 4.78 is 5.02. The van der Waals surface area contributed by atoms with E-state index in [9.17, 15) is 9.59 Å². The summed E-state index contributed by atoms with van der Waals surface area (Å²) in [6.45, 7) is -0.379. The molecule has 0 spiro atoms. The van der Waals surface area contributed by atoms with E-state index >= 15 is 0 Å². The zero-order valence-corrected chi connectivity index (χ0v) is 12.9. The first-order chi connectivity index (χ1) is 11.6. The molecule has 24 heavy (non-hydrogen) atoms. The van der Waals surface area contributed by atoms with Crippen molar-refractivity contribution in [2.75, 3.05) is 17.7 Å². The third kappa shape index (κ3) is 3.35. The largest absolute Gasteiger partial charge is 0.452 e. The molecule has 5 nitrogen and oxygen atoms in total. The smallest absolute Gasteiger partial charge is 0.340 e. The van der Waals surface area contributed by atoms with Crippen molar-refractivity contribution in [3.63, 3.8) is 0 Å². The molecule has 0 atom stereocenters. The van der Waals surface area contributed by atoms with E-state index in [1.165, 1.54) is 0 Å². The number of hydrogen-bond acceptors (Lipinski definition) is 4. The van der Waals surface area contributed by atoms with Crippen molar-refractivity contribution in [3.05, 3.63) is 72.3 Å². The minimum absolute atomic E-state index is 0.246. The van der Waals surface area contributed by atoms with Crippen LogP contribution >= 0.6 is 0 Å². The molecule has 0 aliphatic heterocycles. The lowest BCUT2D eigenvalue weighted by atomic mass is 10.1. The van der Waals surface area contributed by atoms with E-state index in [0.717, 1.165) is 10.8 Å². The third-order valence-corrected chi connectivity index (χ3v) is 3.58. The van der Waals surface area contributed by atoms with Crippen LogP contribution in [-0.4, -0.2) is 18.5 Å². The highest BCUT2D eigenvalue weighted by Crippen LogP contribution is 2.22. The average Bonchev–Trinajstić information content (AvgIpc) is 2.60. The monoisotopic (exact) mass is 320 g/mol. The minimum atomic E-state index is -0.624. The van der Waals surface area contributed by atoms with Crippen LogP contribution in [0.15, 0.2) is 66.7 Å². The number of esters is 1. The highest BCUT2D eigenvalue weighted by Gasteiger charge is 2.13. The molecule has 0 unspecified atom stereocenters. The van der Waals surface area contributed by atoms with Gasteiger partial charge < -0.3 is 15.8 Å². The zero-order valence-electron chi connectivity index (χ0n) is 12.9. The summed E-state index contributed by atoms with van der Waals surface area (Å²) in [5, 5.41) is 4.70. The number of anilines is 2. The van der Waals surface area contributed by atoms with Crippen LogP contribution in [-0.2, 0) is 9.53 Å². The van der Waals surface area contributed by atoms with E-state index in [1.54, 1.807) is 30.3 Å². The van der Waals surface area contributed by atoms with E-state index in [0.29, 0.717) is 11.4 Å². The first kappa shape index (κ1) is 15.6. The van der Waals surface area contributed by atoms with Gasteiger partial charge in [-0.05, 0) is 23.6 Å². The van der Waals surface area contributed by atoms with Crippen molar-refractivity contribution in [3.8, 4) is 0 Å². The van der Waals surface area contributed by atoms with E-state index < -0.39 is 11.9 Å². The fraction of sp³-hybridized carbons (Fsp3) is 0.0526. The maximum Gasteiger partial charge on any atom is 0.340 e. The number of nitrogens with two attached hydrogens (primary N) is 1. The summed E-state index contributed by atoms with van der Waals surface area (Å²) in [6.07, 6.45) is 0. The van der Waals surface area contributed by atoms with Gasteiger partial charge in [0.05, 0.1) is 5.56 Å². The van der Waals surface area contributed by atoms with Crippen LogP contribution in [0.5, 0.6) is 0 Å². The molecule has 3 aromatic carbocycles. The molecule has 3 aromatic rings. The topological polar surface area (TPSA) is 81.4 Å². The molecule has 0 heterocycles. The van der Waals surface area contributed by atoms with E-state index in [-0.39, 0.29) is 12.2 Å². The van der Waals surface area contributed by atoms with Crippen LogP contribution in [0.2, 0.25) is 0 Å². The second-order valence-electron chi connectivity index (χ2n) is 5.24. The van der Waals surface area contributed by atoms with E-state index in [1.807, 2.05) is 36.4 Å². The van der Waals surface area contributed by atoms with Gasteiger partial charge >= 0.3 is 5.97 Å². The van der Waals surface area contributed by atoms with Crippen molar-refractivity contribution in [2.45, 2.75) is 0 Å². The van der Waals surface area contributed by atoms with Crippen LogP contribution in [0.4, 0.5) is 11.4 Å². The lowest BCUT2D eigenvalue weighted by molar-refractivity contribution is -0.119. The molecule has 0 bridgehead atoms. The third-order valence-electron chi connectivity index (χ3n) is 3.58. The Kier molecular flexibility index (Phi) is 4.43. The molecule has 3 rings (SSSR count). The van der Waals surface area contributed by atoms with Crippen LogP contribution in [0.25, 0.3) is 10.8 Å². The number of nitrogen functional groups attached to an aromatic ring is 1. The number of carbonyl (C=O) groups excluding carboxylic acids is 2. The molecular formula is C19H16N2O3. The first-order valence-electron chi connectivity index (χ1n) is 7.44. The quantitative estimate of drug-likeness (QED) is 0.571. The molecule has 0 fully saturated rings. The van der Waals surface area contributed by atoms with Crippen LogP contribution in [0.3, 0.4) is 0 Å². The van der Waals surface area contributed by atoms with Crippen LogP contribution in [0.1, 0.15) is 10.4 Å². The fourth-order valence-corrected chi connectivity index (χ4v) is 2.41. The van der Waals surface area contributed by atoms with Gasteiger partial charge in [0, 0.05) is 16.8 Å². The van der Waals surface area contributed by atoms with E-state index in [2.05, 4.69) is 5.32 Å². The Morgan fingerprint density at radius 1 is 0.917 bits per heavy atom. The van der Waals surface area contributed by atoms with Crippen molar-refractivity contribution >= 4 is 34.0 Å². The van der Waals surface area contributed by atoms with Gasteiger partial charge in [0.2, 0.25) is 0 Å². The number of hydrogen-bond donors (Lipinski definition) is 2. The normalized spacial score (nSPS) is 10.3. The number of ether oxygens (including phenoxy) is 1. The molecule has 0 aromatic heterocycles. The Hall–Kier alpha value is -3.34. The van der Waals surface area contributed by atoms with Gasteiger partial charge in [-0.1, -0.05) is 48.5 Å². The van der Waals surface area contributed by atoms with Crippen molar-refractivity contribution in [1.29, 1.82) is 0 Å². The van der Waals surface area contributed by atoms with Gasteiger partial charge in [0.1, 0.15) is 0 Å². The summed E-state index contributed by atoms with van der Waals surface area (Å²) in [5.74, 6) is -1.03. The maximum atomic E-state index is 12.1. The number of benzene rings is 3. The Morgan fingerprint density at radius 2 is 1.62 bits per heavy atom. The van der Waals surface area contributed by atoms with Gasteiger partial charge in [-0.25, -0.2) is 4.79 Å². The van der Waals surface area contributed by atoms with Gasteiger partial charge in [-0.3, -0.25) is 4.79 Å². The molecule has 0 saturated carbocycles. The summed E-state index contributed by atoms with van der Waals surface area (Å²) in [4.78, 5) is 24.0. The zero-order chi connectivity index (χ0) is 16.9.